The molecule has 0 saturated carbocycles. The molecule has 0 radical (unpaired) electrons. The predicted molar refractivity (Wildman–Crippen MR) is 75.1 cm³/mol. The Hall–Kier alpha value is 1.21. The molecule has 2 nitrogen and oxygen atoms in total. The first-order valence-electron chi connectivity index (χ1n) is 3.55. The maximum absolute atomic E-state index is 5.53. The van der Waals surface area contributed by atoms with E-state index in [0.29, 0.717) is 5.13 Å². The Labute approximate surface area is 124 Å². The molecule has 1 aromatic carbocycles. The number of rotatable bonds is 0. The number of benzene rings is 1. The summed E-state index contributed by atoms with van der Waals surface area (Å²) >= 11 is 2.07. The molecule has 0 aliphatic carbocycles. The summed E-state index contributed by atoms with van der Waals surface area (Å²) in [7, 11) is 19.9. The van der Waals surface area contributed by atoms with Gasteiger partial charge in [0.2, 0.25) is 0 Å². The molecule has 9 heteroatoms. The quantitative estimate of drug-likeness (QED) is 0.517. The fourth-order valence-corrected chi connectivity index (χ4v) is 2.20. The molecule has 2 rings (SSSR count). The summed E-state index contributed by atoms with van der Waals surface area (Å²) < 4.78 is 2.19. The minimum absolute atomic E-state index is 0.623. The Kier molecular flexibility index (Phi) is 6.11. The summed E-state index contributed by atoms with van der Waals surface area (Å²) in [6.45, 7) is 0. The zero-order valence-corrected chi connectivity index (χ0v) is 14.4. The van der Waals surface area contributed by atoms with Gasteiger partial charge >= 0.3 is 49.6 Å². The van der Waals surface area contributed by atoms with Crippen molar-refractivity contribution < 1.29 is 11.5 Å². The molecule has 0 atom stereocenters. The standard InChI is InChI=1S/C7H5BrN2S.4ClH.Pd/c8-4-1-2-5-6(3-4)11-7(9)10-5;;;;;/h1-3H,(H2,9,10);4*1H;/q;;;;;+4/p-4. The van der Waals surface area contributed by atoms with E-state index in [1.807, 2.05) is 18.2 Å². The number of hydrogen-bond donors (Lipinski definition) is 1. The van der Waals surface area contributed by atoms with Crippen LogP contribution in [0.2, 0.25) is 0 Å². The van der Waals surface area contributed by atoms with Gasteiger partial charge in [0.25, 0.3) is 0 Å². The topological polar surface area (TPSA) is 38.9 Å². The Morgan fingerprint density at radius 1 is 1.25 bits per heavy atom. The van der Waals surface area contributed by atoms with E-state index in [9.17, 15) is 0 Å². The van der Waals surface area contributed by atoms with Gasteiger partial charge < -0.3 is 5.73 Å². The molecule has 0 unspecified atom stereocenters. The summed E-state index contributed by atoms with van der Waals surface area (Å²) in [5.74, 6) is 0. The van der Waals surface area contributed by atoms with E-state index in [0.717, 1.165) is 14.7 Å². The van der Waals surface area contributed by atoms with Crippen LogP contribution in [0.15, 0.2) is 22.7 Å². The number of hydrogen-bond acceptors (Lipinski definition) is 3. The summed E-state index contributed by atoms with van der Waals surface area (Å²) in [4.78, 5) is 4.13. The number of anilines is 1. The average Bonchev–Trinajstić information content (AvgIpc) is 2.40. The van der Waals surface area contributed by atoms with Crippen molar-refractivity contribution in [2.75, 3.05) is 5.73 Å². The third-order valence-electron chi connectivity index (χ3n) is 1.37. The van der Waals surface area contributed by atoms with E-state index < -0.39 is 11.5 Å². The van der Waals surface area contributed by atoms with Gasteiger partial charge in [0.1, 0.15) is 0 Å². The van der Waals surface area contributed by atoms with E-state index in [4.69, 9.17) is 43.8 Å². The van der Waals surface area contributed by atoms with Crippen molar-refractivity contribution in [1.29, 1.82) is 0 Å². The van der Waals surface area contributed by atoms with Crippen LogP contribution in [0.1, 0.15) is 0 Å². The van der Waals surface area contributed by atoms with E-state index in [1.54, 1.807) is 0 Å². The number of thiazole rings is 1. The van der Waals surface area contributed by atoms with Crippen molar-refractivity contribution in [3.63, 3.8) is 0 Å². The molecule has 0 spiro atoms. The van der Waals surface area contributed by atoms with Crippen molar-refractivity contribution in [3.8, 4) is 0 Å². The molecule has 0 aliphatic heterocycles. The Morgan fingerprint density at radius 3 is 2.38 bits per heavy atom. The first-order valence-corrected chi connectivity index (χ1v) is 13.2. The zero-order valence-electron chi connectivity index (χ0n) is 7.37. The molecule has 0 bridgehead atoms. The van der Waals surface area contributed by atoms with Gasteiger partial charge in [-0.2, -0.15) is 0 Å². The second kappa shape index (κ2) is 6.40. The summed E-state index contributed by atoms with van der Waals surface area (Å²) in [6, 6.07) is 5.93. The average molecular weight is 477 g/mol. The molecule has 0 saturated heterocycles. The van der Waals surface area contributed by atoms with Crippen LogP contribution in [0.5, 0.6) is 0 Å². The molecule has 16 heavy (non-hydrogen) atoms. The molecule has 0 fully saturated rings. The number of nitrogens with zero attached hydrogens (tertiary/aromatic N) is 1. The van der Waals surface area contributed by atoms with Crippen LogP contribution in [0, 0.1) is 0 Å². The fourth-order valence-electron chi connectivity index (χ4n) is 0.916. The molecular weight excluding hydrogens is 472 g/mol. The number of halogens is 5. The summed E-state index contributed by atoms with van der Waals surface area (Å²) in [5.41, 5.74) is 6.50. The van der Waals surface area contributed by atoms with Crippen LogP contribution >= 0.6 is 65.4 Å². The van der Waals surface area contributed by atoms with E-state index >= 15 is 0 Å². The number of nitrogens with two attached hydrogens (primary N) is 1. The normalized spacial score (nSPS) is 12.1. The van der Waals surface area contributed by atoms with E-state index in [1.165, 1.54) is 11.3 Å². The van der Waals surface area contributed by atoms with Crippen molar-refractivity contribution in [2.24, 2.45) is 0 Å². The van der Waals surface area contributed by atoms with E-state index in [2.05, 4.69) is 20.9 Å². The number of fused-ring (bicyclic) bond motifs is 1. The van der Waals surface area contributed by atoms with Crippen molar-refractivity contribution in [3.05, 3.63) is 22.7 Å². The van der Waals surface area contributed by atoms with Crippen LogP contribution in [0.25, 0.3) is 10.2 Å². The van der Waals surface area contributed by atoms with Crippen LogP contribution in [0.3, 0.4) is 0 Å². The van der Waals surface area contributed by atoms with Crippen LogP contribution in [-0.2, 0) is 11.5 Å². The number of aromatic nitrogens is 1. The monoisotopic (exact) mass is 474 g/mol. The molecule has 2 N–H and O–H groups in total. The minimum atomic E-state index is -2.81. The van der Waals surface area contributed by atoms with Crippen LogP contribution in [0.4, 0.5) is 5.13 Å². The first kappa shape index (κ1) is 15.3. The number of nitrogen functional groups attached to an aromatic ring is 1. The third kappa shape index (κ3) is 6.23. The predicted octanol–water partition coefficient (Wildman–Crippen LogP) is 5.40. The first-order chi connectivity index (χ1) is 7.25. The Morgan fingerprint density at radius 2 is 1.81 bits per heavy atom. The summed E-state index contributed by atoms with van der Waals surface area (Å²) in [5, 5.41) is 0.623. The maximum atomic E-state index is 5.53. The van der Waals surface area contributed by atoms with E-state index in [-0.39, 0.29) is 0 Å². The second-order valence-corrected chi connectivity index (χ2v) is 18.6. The molecule has 1 heterocycles. The third-order valence-corrected chi connectivity index (χ3v) is 2.71. The van der Waals surface area contributed by atoms with Crippen LogP contribution < -0.4 is 5.73 Å². The molecule has 94 valence electrons. The van der Waals surface area contributed by atoms with Crippen molar-refractivity contribution >= 4 is 80.7 Å². The molecule has 1 aromatic heterocycles. The van der Waals surface area contributed by atoms with Gasteiger partial charge in [-0.05, 0) is 18.2 Å². The molecule has 0 aliphatic rings. The molecule has 2 aromatic rings. The van der Waals surface area contributed by atoms with Gasteiger partial charge in [-0.15, -0.1) is 0 Å². The van der Waals surface area contributed by atoms with Crippen molar-refractivity contribution in [1.82, 2.24) is 4.98 Å². The van der Waals surface area contributed by atoms with Gasteiger partial charge in [0, 0.05) is 4.47 Å². The van der Waals surface area contributed by atoms with Gasteiger partial charge in [-0.3, -0.25) is 0 Å². The van der Waals surface area contributed by atoms with Crippen molar-refractivity contribution in [2.45, 2.75) is 0 Å². The summed E-state index contributed by atoms with van der Waals surface area (Å²) in [6.07, 6.45) is 0. The Bertz CT molecular complexity index is 481. The molecule has 0 amide bonds. The van der Waals surface area contributed by atoms with Gasteiger partial charge in [0.05, 0.1) is 10.2 Å². The SMILES string of the molecule is Nc1nc2ccc(Br)cc2s1.[Cl][Pd]([Cl])([Cl])[Cl]. The second-order valence-electron chi connectivity index (χ2n) is 2.44. The van der Waals surface area contributed by atoms with Gasteiger partial charge in [0.15, 0.2) is 5.13 Å². The zero-order chi connectivity index (χ0) is 12.3. The Balaban J connectivity index is 0.000000221. The van der Waals surface area contributed by atoms with Crippen LogP contribution in [-0.4, -0.2) is 4.98 Å². The fraction of sp³-hybridized carbons (Fsp3) is 0. The van der Waals surface area contributed by atoms with Gasteiger partial charge in [-0.25, -0.2) is 4.98 Å². The van der Waals surface area contributed by atoms with Gasteiger partial charge in [-0.1, -0.05) is 27.3 Å². The molecular formula is C7H5BrCl4N2PdS.